The number of nitrogens with one attached hydrogen (secondary N) is 1. The molecule has 0 aliphatic heterocycles. The number of anilines is 1. The molecule has 0 spiro atoms. The van der Waals surface area contributed by atoms with Crippen LogP contribution < -0.4 is 5.32 Å². The molecule has 0 bridgehead atoms. The topological polar surface area (TPSA) is 66.4 Å². The van der Waals surface area contributed by atoms with Crippen molar-refractivity contribution >= 4 is 40.6 Å². The van der Waals surface area contributed by atoms with Crippen molar-refractivity contribution in [3.63, 3.8) is 0 Å². The zero-order chi connectivity index (χ0) is 15.4. The maximum atomic E-state index is 12.3. The Morgan fingerprint density at radius 3 is 2.24 bits per heavy atom. The normalized spacial score (nSPS) is 21.8. The van der Waals surface area contributed by atoms with Gasteiger partial charge < -0.3 is 10.4 Å². The first-order valence-electron chi connectivity index (χ1n) is 6.93. The van der Waals surface area contributed by atoms with Crippen LogP contribution in [-0.2, 0) is 9.59 Å². The third-order valence-electron chi connectivity index (χ3n) is 3.83. The highest BCUT2D eigenvalue weighted by Crippen LogP contribution is 2.31. The predicted octanol–water partition coefficient (Wildman–Crippen LogP) is 3.87. The van der Waals surface area contributed by atoms with Crippen LogP contribution in [0.4, 0.5) is 5.69 Å². The van der Waals surface area contributed by atoms with Crippen molar-refractivity contribution in [3.8, 4) is 0 Å². The quantitative estimate of drug-likeness (QED) is 0.860. The van der Waals surface area contributed by atoms with Gasteiger partial charge in [0.2, 0.25) is 0 Å². The maximum Gasteiger partial charge on any atom is 0.307 e. The van der Waals surface area contributed by atoms with Crippen LogP contribution in [0.5, 0.6) is 0 Å². The number of ketones is 1. The summed E-state index contributed by atoms with van der Waals surface area (Å²) in [5.74, 6) is -1.91. The van der Waals surface area contributed by atoms with Gasteiger partial charge in [0, 0.05) is 21.7 Å². The van der Waals surface area contributed by atoms with Gasteiger partial charge in [0.15, 0.2) is 5.78 Å². The van der Waals surface area contributed by atoms with Gasteiger partial charge in [-0.15, -0.1) is 0 Å². The fourth-order valence-electron chi connectivity index (χ4n) is 2.79. The molecule has 0 radical (unpaired) electrons. The molecule has 1 aromatic rings. The molecule has 0 aromatic heterocycles. The number of carbonyl (C=O) groups is 2. The van der Waals surface area contributed by atoms with Crippen molar-refractivity contribution in [1.82, 2.24) is 0 Å². The van der Waals surface area contributed by atoms with Gasteiger partial charge in [-0.05, 0) is 31.0 Å². The Labute approximate surface area is 133 Å². The molecule has 1 aliphatic rings. The number of carboxylic acids is 1. The summed E-state index contributed by atoms with van der Waals surface area (Å²) < 4.78 is 0. The highest BCUT2D eigenvalue weighted by molar-refractivity contribution is 6.35. The molecular weight excluding hydrogens is 313 g/mol. The lowest BCUT2D eigenvalue weighted by Crippen LogP contribution is -2.35. The molecule has 6 heteroatoms. The van der Waals surface area contributed by atoms with Crippen LogP contribution in [0.2, 0.25) is 10.0 Å². The maximum absolute atomic E-state index is 12.3. The van der Waals surface area contributed by atoms with E-state index in [2.05, 4.69) is 5.32 Å². The Balaban J connectivity index is 1.98. The predicted molar refractivity (Wildman–Crippen MR) is 83.0 cm³/mol. The fraction of sp³-hybridized carbons (Fsp3) is 0.467. The minimum atomic E-state index is -0.876. The van der Waals surface area contributed by atoms with Gasteiger partial charge in [0.05, 0.1) is 12.5 Å². The van der Waals surface area contributed by atoms with Crippen molar-refractivity contribution in [1.29, 1.82) is 0 Å². The lowest BCUT2D eigenvalue weighted by atomic mass is 9.77. The van der Waals surface area contributed by atoms with Crippen LogP contribution in [-0.4, -0.2) is 23.4 Å². The molecule has 2 N–H and O–H groups in total. The van der Waals surface area contributed by atoms with E-state index in [1.54, 1.807) is 18.2 Å². The van der Waals surface area contributed by atoms with Gasteiger partial charge in [-0.3, -0.25) is 9.59 Å². The molecular formula is C15H17Cl2NO3. The molecule has 1 saturated carbocycles. The molecule has 0 amide bonds. The Morgan fingerprint density at radius 1 is 1.10 bits per heavy atom. The number of carboxylic acid groups (broad SMARTS) is 1. The molecule has 2 unspecified atom stereocenters. The number of hydrogen-bond donors (Lipinski definition) is 2. The molecule has 1 aromatic carbocycles. The van der Waals surface area contributed by atoms with E-state index in [-0.39, 0.29) is 12.3 Å². The van der Waals surface area contributed by atoms with Gasteiger partial charge in [-0.2, -0.15) is 0 Å². The summed E-state index contributed by atoms with van der Waals surface area (Å²) in [6.45, 7) is 0.0884. The van der Waals surface area contributed by atoms with Crippen molar-refractivity contribution in [2.24, 2.45) is 11.8 Å². The first kappa shape index (κ1) is 16.1. The number of benzene rings is 1. The molecule has 2 rings (SSSR count). The zero-order valence-corrected chi connectivity index (χ0v) is 13.0. The molecule has 21 heavy (non-hydrogen) atoms. The zero-order valence-electron chi connectivity index (χ0n) is 11.4. The first-order valence-corrected chi connectivity index (χ1v) is 7.68. The Bertz CT molecular complexity index is 527. The van der Waals surface area contributed by atoms with Crippen molar-refractivity contribution < 1.29 is 14.7 Å². The second-order valence-electron chi connectivity index (χ2n) is 5.31. The molecule has 2 atom stereocenters. The summed E-state index contributed by atoms with van der Waals surface area (Å²) in [5, 5.41) is 13.1. The molecule has 114 valence electrons. The van der Waals surface area contributed by atoms with Gasteiger partial charge in [0.25, 0.3) is 0 Å². The van der Waals surface area contributed by atoms with Crippen molar-refractivity contribution in [3.05, 3.63) is 28.2 Å². The third-order valence-corrected chi connectivity index (χ3v) is 4.26. The van der Waals surface area contributed by atoms with E-state index in [0.29, 0.717) is 28.6 Å². The van der Waals surface area contributed by atoms with Crippen LogP contribution in [0.3, 0.4) is 0 Å². The SMILES string of the molecule is O=C(O)C1CCCCC1C(=O)CNc1cc(Cl)cc(Cl)c1. The Morgan fingerprint density at radius 2 is 1.67 bits per heavy atom. The third kappa shape index (κ3) is 4.35. The van der Waals surface area contributed by atoms with Crippen LogP contribution in [0.25, 0.3) is 0 Å². The Hall–Kier alpha value is -1.26. The first-order chi connectivity index (χ1) is 9.97. The monoisotopic (exact) mass is 329 g/mol. The standard InChI is InChI=1S/C15H17Cl2NO3/c16-9-5-10(17)7-11(6-9)18-8-14(19)12-3-1-2-4-13(12)15(20)21/h5-7,12-13,18H,1-4,8H2,(H,20,21). The van der Waals surface area contributed by atoms with Crippen molar-refractivity contribution in [2.45, 2.75) is 25.7 Å². The Kier molecular flexibility index (Phi) is 5.48. The summed E-state index contributed by atoms with van der Waals surface area (Å²) in [6.07, 6.45) is 3.00. The summed E-state index contributed by atoms with van der Waals surface area (Å²) >= 11 is 11.8. The summed E-state index contributed by atoms with van der Waals surface area (Å²) in [5.41, 5.74) is 0.656. The number of aliphatic carboxylic acids is 1. The smallest absolute Gasteiger partial charge is 0.307 e. The average molecular weight is 330 g/mol. The molecule has 1 fully saturated rings. The van der Waals surface area contributed by atoms with Gasteiger partial charge in [0.1, 0.15) is 0 Å². The highest BCUT2D eigenvalue weighted by atomic mass is 35.5. The number of Topliss-reactive ketones (excluding diaryl/α,β-unsaturated/α-hetero) is 1. The lowest BCUT2D eigenvalue weighted by molar-refractivity contribution is -0.148. The summed E-state index contributed by atoms with van der Waals surface area (Å²) in [7, 11) is 0. The van der Waals surface area contributed by atoms with Gasteiger partial charge in [-0.1, -0.05) is 36.0 Å². The van der Waals surface area contributed by atoms with Gasteiger partial charge in [-0.25, -0.2) is 0 Å². The highest BCUT2D eigenvalue weighted by Gasteiger charge is 2.35. The minimum absolute atomic E-state index is 0.0711. The largest absolute Gasteiger partial charge is 0.481 e. The molecule has 0 heterocycles. The lowest BCUT2D eigenvalue weighted by Gasteiger charge is -2.27. The summed E-state index contributed by atoms with van der Waals surface area (Å²) in [6, 6.07) is 4.96. The fourth-order valence-corrected chi connectivity index (χ4v) is 3.31. The van der Waals surface area contributed by atoms with Gasteiger partial charge >= 0.3 is 5.97 Å². The summed E-state index contributed by atoms with van der Waals surface area (Å²) in [4.78, 5) is 23.5. The molecule has 1 aliphatic carbocycles. The average Bonchev–Trinajstić information content (AvgIpc) is 2.43. The number of rotatable bonds is 5. The number of hydrogen-bond acceptors (Lipinski definition) is 3. The van der Waals surface area contributed by atoms with E-state index < -0.39 is 17.8 Å². The van der Waals surface area contributed by atoms with Crippen LogP contribution in [0, 0.1) is 11.8 Å². The second-order valence-corrected chi connectivity index (χ2v) is 6.19. The molecule has 4 nitrogen and oxygen atoms in total. The minimum Gasteiger partial charge on any atom is -0.481 e. The van der Waals surface area contributed by atoms with E-state index in [1.807, 2.05) is 0 Å². The van der Waals surface area contributed by atoms with Crippen LogP contribution >= 0.6 is 23.2 Å². The van der Waals surface area contributed by atoms with E-state index in [1.165, 1.54) is 0 Å². The van der Waals surface area contributed by atoms with Crippen LogP contribution in [0.15, 0.2) is 18.2 Å². The number of halogens is 2. The molecule has 0 saturated heterocycles. The van der Waals surface area contributed by atoms with E-state index in [4.69, 9.17) is 23.2 Å². The van der Waals surface area contributed by atoms with E-state index >= 15 is 0 Å². The number of carbonyl (C=O) groups excluding carboxylic acids is 1. The van der Waals surface area contributed by atoms with E-state index in [9.17, 15) is 14.7 Å². The van der Waals surface area contributed by atoms with Crippen molar-refractivity contribution in [2.75, 3.05) is 11.9 Å². The second kappa shape index (κ2) is 7.14. The van der Waals surface area contributed by atoms with E-state index in [0.717, 1.165) is 12.8 Å². The van der Waals surface area contributed by atoms with Crippen LogP contribution in [0.1, 0.15) is 25.7 Å².